The van der Waals surface area contributed by atoms with Gasteiger partial charge in [0.1, 0.15) is 16.4 Å². The fourth-order valence-electron chi connectivity index (χ4n) is 2.71. The van der Waals surface area contributed by atoms with Gasteiger partial charge in [0.2, 0.25) is 0 Å². The van der Waals surface area contributed by atoms with Crippen molar-refractivity contribution in [1.29, 1.82) is 0 Å². The molecule has 0 bridgehead atoms. The van der Waals surface area contributed by atoms with Crippen LogP contribution in [0.5, 0.6) is 17.2 Å². The number of aryl methyl sites for hydroxylation is 1. The number of rotatable bonds is 9. The Kier molecular flexibility index (Phi) is 10.4. The number of hydrogen-bond acceptors (Lipinski definition) is 4. The fourth-order valence-corrected chi connectivity index (χ4v) is 3.58. The van der Waals surface area contributed by atoms with Crippen LogP contribution < -0.4 is 61.2 Å². The van der Waals surface area contributed by atoms with Gasteiger partial charge in [-0.15, -0.1) is 5.75 Å². The van der Waals surface area contributed by atoms with Gasteiger partial charge in [-0.1, -0.05) is 56.9 Å². The molecule has 0 unspecified atom stereocenters. The molecule has 0 spiro atoms. The Balaban J connectivity index is 0.00000338. The zero-order valence-corrected chi connectivity index (χ0v) is 19.2. The first-order chi connectivity index (χ1) is 11.9. The Bertz CT molecular complexity index is 805. The molecule has 0 amide bonds. The standard InChI is InChI=1S/C19H24O5S.K/c1-2-3-4-5-6-9-15-10-7-13-18(19(15)25(21,22)23)24-17-12-8-11-16(20)14-17;/h7-8,10-14,20H,2-6,9H2,1H3,(H,21,22,23);/q;+1/p-1. The molecule has 7 heteroatoms. The van der Waals surface area contributed by atoms with E-state index in [4.69, 9.17) is 4.74 Å². The summed E-state index contributed by atoms with van der Waals surface area (Å²) in [6, 6.07) is 10.6. The SMILES string of the molecule is CCCCCCCc1cccc(Oc2cccc([O-])c2)c1S(=O)(=O)O.[K+]. The van der Waals surface area contributed by atoms with Crippen LogP contribution in [0, 0.1) is 0 Å². The summed E-state index contributed by atoms with van der Waals surface area (Å²) in [6.07, 6.45) is 5.77. The maximum atomic E-state index is 11.9. The van der Waals surface area contributed by atoms with Gasteiger partial charge < -0.3 is 9.84 Å². The van der Waals surface area contributed by atoms with Crippen LogP contribution in [0.1, 0.15) is 44.6 Å². The first kappa shape index (κ1) is 23.6. The number of benzene rings is 2. The maximum absolute atomic E-state index is 11.9. The predicted molar refractivity (Wildman–Crippen MR) is 94.7 cm³/mol. The Morgan fingerprint density at radius 1 is 1.04 bits per heavy atom. The Hall–Kier alpha value is -0.414. The monoisotopic (exact) mass is 402 g/mol. The topological polar surface area (TPSA) is 86.7 Å². The van der Waals surface area contributed by atoms with Crippen molar-refractivity contribution in [3.63, 3.8) is 0 Å². The van der Waals surface area contributed by atoms with Crippen LogP contribution in [0.3, 0.4) is 0 Å². The molecule has 0 saturated carbocycles. The van der Waals surface area contributed by atoms with E-state index in [2.05, 4.69) is 6.92 Å². The van der Waals surface area contributed by atoms with Gasteiger partial charge in [0.25, 0.3) is 10.1 Å². The van der Waals surface area contributed by atoms with E-state index in [1.54, 1.807) is 18.2 Å². The molecule has 1 N–H and O–H groups in total. The van der Waals surface area contributed by atoms with Gasteiger partial charge in [-0.25, -0.2) is 0 Å². The first-order valence-corrected chi connectivity index (χ1v) is 9.90. The zero-order valence-electron chi connectivity index (χ0n) is 15.3. The van der Waals surface area contributed by atoms with E-state index < -0.39 is 10.1 Å². The van der Waals surface area contributed by atoms with E-state index in [0.717, 1.165) is 32.1 Å². The van der Waals surface area contributed by atoms with E-state index in [0.29, 0.717) is 12.0 Å². The molecule has 0 fully saturated rings. The minimum absolute atomic E-state index is 0. The summed E-state index contributed by atoms with van der Waals surface area (Å²) in [6.45, 7) is 2.13. The molecule has 0 aliphatic heterocycles. The predicted octanol–water partition coefficient (Wildman–Crippen LogP) is 1.32. The second-order valence-electron chi connectivity index (χ2n) is 5.96. The molecule has 0 heterocycles. The van der Waals surface area contributed by atoms with Crippen LogP contribution in [0.4, 0.5) is 0 Å². The van der Waals surface area contributed by atoms with Crippen molar-refractivity contribution in [2.75, 3.05) is 0 Å². The molecule has 2 rings (SSSR count). The molecule has 0 saturated heterocycles. The molecule has 0 radical (unpaired) electrons. The second kappa shape index (κ2) is 11.4. The summed E-state index contributed by atoms with van der Waals surface area (Å²) in [5, 5.41) is 11.4. The molecule has 0 atom stereocenters. The van der Waals surface area contributed by atoms with Gasteiger partial charge in [0, 0.05) is 0 Å². The Labute approximate surface area is 198 Å². The van der Waals surface area contributed by atoms with Crippen LogP contribution in [-0.2, 0) is 16.5 Å². The van der Waals surface area contributed by atoms with Crippen LogP contribution in [-0.4, -0.2) is 13.0 Å². The molecule has 2 aromatic rings. The van der Waals surface area contributed by atoms with Crippen molar-refractivity contribution in [3.05, 3.63) is 48.0 Å². The van der Waals surface area contributed by atoms with Crippen LogP contribution in [0.25, 0.3) is 0 Å². The van der Waals surface area contributed by atoms with Gasteiger partial charge in [0.05, 0.1) is 0 Å². The summed E-state index contributed by atoms with van der Waals surface area (Å²) < 4.78 is 39.0. The summed E-state index contributed by atoms with van der Waals surface area (Å²) >= 11 is 0. The Morgan fingerprint density at radius 2 is 1.73 bits per heavy atom. The molecule has 0 aliphatic rings. The van der Waals surface area contributed by atoms with Crippen molar-refractivity contribution >= 4 is 10.1 Å². The third-order valence-corrected chi connectivity index (χ3v) is 4.88. The quantitative estimate of drug-likeness (QED) is 0.388. The summed E-state index contributed by atoms with van der Waals surface area (Å²) in [4.78, 5) is -0.221. The molecule has 0 aromatic heterocycles. The minimum atomic E-state index is -4.44. The van der Waals surface area contributed by atoms with E-state index in [1.807, 2.05) is 0 Å². The number of hydrogen-bond donors (Lipinski definition) is 1. The molecule has 26 heavy (non-hydrogen) atoms. The van der Waals surface area contributed by atoms with Gasteiger partial charge in [0.15, 0.2) is 0 Å². The summed E-state index contributed by atoms with van der Waals surface area (Å²) in [7, 11) is -4.44. The van der Waals surface area contributed by atoms with Gasteiger partial charge in [-0.2, -0.15) is 8.42 Å². The first-order valence-electron chi connectivity index (χ1n) is 8.46. The fraction of sp³-hybridized carbons (Fsp3) is 0.368. The third kappa shape index (κ3) is 7.30. The molecule has 5 nitrogen and oxygen atoms in total. The molecular weight excluding hydrogens is 379 g/mol. The smallest absolute Gasteiger partial charge is 0.872 e. The zero-order chi connectivity index (χ0) is 18.3. The largest absolute Gasteiger partial charge is 1.00 e. The van der Waals surface area contributed by atoms with E-state index in [1.165, 1.54) is 24.3 Å². The molecular formula is C19H23KO5S. The van der Waals surface area contributed by atoms with E-state index in [-0.39, 0.29) is 73.5 Å². The van der Waals surface area contributed by atoms with Crippen molar-refractivity contribution in [1.82, 2.24) is 0 Å². The number of ether oxygens (including phenoxy) is 1. The molecule has 136 valence electrons. The van der Waals surface area contributed by atoms with Crippen LogP contribution >= 0.6 is 0 Å². The third-order valence-electron chi connectivity index (χ3n) is 3.90. The van der Waals surface area contributed by atoms with Crippen molar-refractivity contribution in [3.8, 4) is 17.2 Å². The minimum Gasteiger partial charge on any atom is -0.872 e. The average Bonchev–Trinajstić information content (AvgIpc) is 2.54. The molecule has 2 aromatic carbocycles. The summed E-state index contributed by atoms with van der Waals surface area (Å²) in [5.41, 5.74) is 0.523. The van der Waals surface area contributed by atoms with Gasteiger partial charge in [-0.3, -0.25) is 4.55 Å². The summed E-state index contributed by atoms with van der Waals surface area (Å²) in [5.74, 6) is 0.0228. The van der Waals surface area contributed by atoms with Crippen LogP contribution in [0.2, 0.25) is 0 Å². The maximum Gasteiger partial charge on any atom is 1.00 e. The van der Waals surface area contributed by atoms with Gasteiger partial charge in [-0.05, 0) is 36.6 Å². The van der Waals surface area contributed by atoms with Crippen molar-refractivity contribution in [2.45, 2.75) is 50.3 Å². The molecule has 0 aliphatic carbocycles. The number of unbranched alkanes of at least 4 members (excludes halogenated alkanes) is 4. The van der Waals surface area contributed by atoms with Crippen molar-refractivity contribution in [2.24, 2.45) is 0 Å². The van der Waals surface area contributed by atoms with E-state index in [9.17, 15) is 18.1 Å². The normalized spacial score (nSPS) is 11.0. The van der Waals surface area contributed by atoms with E-state index >= 15 is 0 Å². The van der Waals surface area contributed by atoms with Crippen LogP contribution in [0.15, 0.2) is 47.4 Å². The van der Waals surface area contributed by atoms with Gasteiger partial charge >= 0.3 is 51.4 Å². The second-order valence-corrected chi connectivity index (χ2v) is 7.32. The van der Waals surface area contributed by atoms with Crippen molar-refractivity contribution < 1.29 is 74.2 Å². The average molecular weight is 403 g/mol. The Morgan fingerprint density at radius 3 is 2.38 bits per heavy atom.